The number of amides is 1. The molecule has 0 saturated heterocycles. The van der Waals surface area contributed by atoms with Crippen LogP contribution in [-0.4, -0.2) is 23.0 Å². The van der Waals surface area contributed by atoms with Gasteiger partial charge in [0, 0.05) is 23.2 Å². The Labute approximate surface area is 157 Å². The molecular formula is C22H21FN2O2. The van der Waals surface area contributed by atoms with Gasteiger partial charge in [-0.3, -0.25) is 9.78 Å². The molecular weight excluding hydrogens is 343 g/mol. The summed E-state index contributed by atoms with van der Waals surface area (Å²) in [6.07, 6.45) is 5.31. The number of ether oxygens (including phenoxy) is 1. The normalized spacial score (nSPS) is 19.6. The van der Waals surface area contributed by atoms with E-state index in [-0.39, 0.29) is 18.1 Å². The van der Waals surface area contributed by atoms with E-state index in [0.29, 0.717) is 5.56 Å². The van der Waals surface area contributed by atoms with Crippen molar-refractivity contribution in [2.45, 2.75) is 37.8 Å². The number of para-hydroxylation sites is 1. The van der Waals surface area contributed by atoms with Crippen LogP contribution in [0.15, 0.2) is 60.8 Å². The van der Waals surface area contributed by atoms with Crippen molar-refractivity contribution < 1.29 is 13.9 Å². The summed E-state index contributed by atoms with van der Waals surface area (Å²) in [4.78, 5) is 16.6. The lowest BCUT2D eigenvalue weighted by molar-refractivity contribution is 0.0894. The summed E-state index contributed by atoms with van der Waals surface area (Å²) in [7, 11) is 0. The van der Waals surface area contributed by atoms with Crippen LogP contribution in [0, 0.1) is 5.82 Å². The Kier molecular flexibility index (Phi) is 5.01. The topological polar surface area (TPSA) is 51.2 Å². The molecule has 4 nitrogen and oxygen atoms in total. The maximum absolute atomic E-state index is 13.3. The highest BCUT2D eigenvalue weighted by molar-refractivity contribution is 5.94. The molecule has 0 spiro atoms. The van der Waals surface area contributed by atoms with E-state index in [1.54, 1.807) is 18.3 Å². The summed E-state index contributed by atoms with van der Waals surface area (Å²) in [6, 6.07) is 15.7. The Bertz CT molecular complexity index is 946. The van der Waals surface area contributed by atoms with E-state index < -0.39 is 5.82 Å². The molecule has 1 aromatic heterocycles. The average Bonchev–Trinajstić information content (AvgIpc) is 2.70. The Balaban J connectivity index is 1.34. The van der Waals surface area contributed by atoms with Crippen molar-refractivity contribution in [2.24, 2.45) is 0 Å². The van der Waals surface area contributed by atoms with Gasteiger partial charge in [-0.1, -0.05) is 18.2 Å². The molecule has 1 N–H and O–H groups in total. The standard InChI is InChI=1S/C22H21FN2O2/c23-16-5-3-4-15(14-16)22(26)25-17-8-10-18(11-9-17)27-21-12-13-24-20-7-2-1-6-19(20)21/h1-7,12-14,17-18H,8-11H2,(H,25,26). The zero-order chi connectivity index (χ0) is 18.6. The van der Waals surface area contributed by atoms with Crippen LogP contribution in [0.1, 0.15) is 36.0 Å². The molecule has 3 aromatic rings. The molecule has 2 aromatic carbocycles. The third kappa shape index (κ3) is 4.08. The van der Waals surface area contributed by atoms with Gasteiger partial charge in [0.15, 0.2) is 0 Å². The van der Waals surface area contributed by atoms with Gasteiger partial charge in [0.1, 0.15) is 11.6 Å². The highest BCUT2D eigenvalue weighted by atomic mass is 19.1. The highest BCUT2D eigenvalue weighted by Gasteiger charge is 2.24. The summed E-state index contributed by atoms with van der Waals surface area (Å²) in [5.74, 6) is 0.233. The van der Waals surface area contributed by atoms with Gasteiger partial charge in [0.25, 0.3) is 5.91 Å². The number of pyridine rings is 1. The number of aromatic nitrogens is 1. The van der Waals surface area contributed by atoms with Gasteiger partial charge in [-0.15, -0.1) is 0 Å². The first kappa shape index (κ1) is 17.5. The zero-order valence-corrected chi connectivity index (χ0v) is 14.9. The number of hydrogen-bond donors (Lipinski definition) is 1. The lowest BCUT2D eigenvalue weighted by Crippen LogP contribution is -2.39. The van der Waals surface area contributed by atoms with E-state index in [4.69, 9.17) is 4.74 Å². The van der Waals surface area contributed by atoms with Gasteiger partial charge in [0.05, 0.1) is 11.6 Å². The van der Waals surface area contributed by atoms with E-state index in [1.165, 1.54) is 12.1 Å². The van der Waals surface area contributed by atoms with Gasteiger partial charge >= 0.3 is 0 Å². The van der Waals surface area contributed by atoms with Crippen LogP contribution >= 0.6 is 0 Å². The SMILES string of the molecule is O=C(NC1CCC(Oc2ccnc3ccccc23)CC1)c1cccc(F)c1. The van der Waals surface area contributed by atoms with Crippen LogP contribution < -0.4 is 10.1 Å². The second kappa shape index (κ2) is 7.74. The highest BCUT2D eigenvalue weighted by Crippen LogP contribution is 2.28. The number of rotatable bonds is 4. The van der Waals surface area contributed by atoms with Crippen LogP contribution in [0.25, 0.3) is 10.9 Å². The van der Waals surface area contributed by atoms with Crippen molar-refractivity contribution in [1.29, 1.82) is 0 Å². The lowest BCUT2D eigenvalue weighted by atomic mass is 9.92. The Morgan fingerprint density at radius 1 is 1.04 bits per heavy atom. The van der Waals surface area contributed by atoms with Gasteiger partial charge in [-0.05, 0) is 62.1 Å². The van der Waals surface area contributed by atoms with Crippen molar-refractivity contribution in [3.63, 3.8) is 0 Å². The van der Waals surface area contributed by atoms with E-state index in [0.717, 1.165) is 42.3 Å². The Morgan fingerprint density at radius 2 is 1.85 bits per heavy atom. The van der Waals surface area contributed by atoms with Crippen molar-refractivity contribution in [1.82, 2.24) is 10.3 Å². The summed E-state index contributed by atoms with van der Waals surface area (Å²) in [5, 5.41) is 4.02. The van der Waals surface area contributed by atoms with Crippen molar-refractivity contribution >= 4 is 16.8 Å². The molecule has 1 aliphatic rings. The van der Waals surface area contributed by atoms with Crippen molar-refractivity contribution in [2.75, 3.05) is 0 Å². The van der Waals surface area contributed by atoms with Gasteiger partial charge in [0.2, 0.25) is 0 Å². The minimum Gasteiger partial charge on any atom is -0.490 e. The molecule has 4 rings (SSSR count). The Hall–Kier alpha value is -2.95. The molecule has 0 radical (unpaired) electrons. The van der Waals surface area contributed by atoms with E-state index in [2.05, 4.69) is 10.3 Å². The maximum Gasteiger partial charge on any atom is 0.251 e. The van der Waals surface area contributed by atoms with E-state index in [1.807, 2.05) is 30.3 Å². The first-order valence-corrected chi connectivity index (χ1v) is 9.26. The third-order valence-electron chi connectivity index (χ3n) is 5.00. The largest absolute Gasteiger partial charge is 0.490 e. The average molecular weight is 364 g/mol. The molecule has 1 fully saturated rings. The predicted molar refractivity (Wildman–Crippen MR) is 102 cm³/mol. The molecule has 0 unspecified atom stereocenters. The van der Waals surface area contributed by atoms with Gasteiger partial charge in [-0.25, -0.2) is 4.39 Å². The van der Waals surface area contributed by atoms with Crippen LogP contribution in [0.2, 0.25) is 0 Å². The van der Waals surface area contributed by atoms with E-state index in [9.17, 15) is 9.18 Å². The second-order valence-electron chi connectivity index (χ2n) is 6.90. The molecule has 1 saturated carbocycles. The number of nitrogens with one attached hydrogen (secondary N) is 1. The zero-order valence-electron chi connectivity index (χ0n) is 14.9. The molecule has 1 heterocycles. The number of fused-ring (bicyclic) bond motifs is 1. The van der Waals surface area contributed by atoms with Crippen LogP contribution in [0.5, 0.6) is 5.75 Å². The minimum atomic E-state index is -0.399. The first-order valence-electron chi connectivity index (χ1n) is 9.26. The first-order chi connectivity index (χ1) is 13.2. The molecule has 27 heavy (non-hydrogen) atoms. The number of halogens is 1. The quantitative estimate of drug-likeness (QED) is 0.742. The summed E-state index contributed by atoms with van der Waals surface area (Å²) in [5.41, 5.74) is 1.28. The molecule has 0 bridgehead atoms. The van der Waals surface area contributed by atoms with Crippen molar-refractivity contribution in [3.8, 4) is 5.75 Å². The van der Waals surface area contributed by atoms with Crippen LogP contribution in [-0.2, 0) is 0 Å². The fourth-order valence-electron chi connectivity index (χ4n) is 3.58. The molecule has 138 valence electrons. The van der Waals surface area contributed by atoms with E-state index >= 15 is 0 Å². The fraction of sp³-hybridized carbons (Fsp3) is 0.273. The molecule has 1 amide bonds. The van der Waals surface area contributed by atoms with Crippen molar-refractivity contribution in [3.05, 3.63) is 72.2 Å². The molecule has 1 aliphatic carbocycles. The summed E-state index contributed by atoms with van der Waals surface area (Å²) >= 11 is 0. The lowest BCUT2D eigenvalue weighted by Gasteiger charge is -2.29. The molecule has 5 heteroatoms. The molecule has 0 aliphatic heterocycles. The number of carbonyl (C=O) groups excluding carboxylic acids is 1. The summed E-state index contributed by atoms with van der Waals surface area (Å²) < 4.78 is 19.5. The smallest absolute Gasteiger partial charge is 0.251 e. The Morgan fingerprint density at radius 3 is 2.67 bits per heavy atom. The monoisotopic (exact) mass is 364 g/mol. The minimum absolute atomic E-state index is 0.0924. The van der Waals surface area contributed by atoms with Crippen LogP contribution in [0.4, 0.5) is 4.39 Å². The van der Waals surface area contributed by atoms with Crippen LogP contribution in [0.3, 0.4) is 0 Å². The summed E-state index contributed by atoms with van der Waals surface area (Å²) in [6.45, 7) is 0. The predicted octanol–water partition coefficient (Wildman–Crippen LogP) is 4.49. The molecule has 0 atom stereocenters. The number of carbonyl (C=O) groups is 1. The number of benzene rings is 2. The van der Waals surface area contributed by atoms with Gasteiger partial charge in [-0.2, -0.15) is 0 Å². The second-order valence-corrected chi connectivity index (χ2v) is 6.90. The van der Waals surface area contributed by atoms with Gasteiger partial charge < -0.3 is 10.1 Å². The maximum atomic E-state index is 13.3. The number of hydrogen-bond acceptors (Lipinski definition) is 3. The number of nitrogens with zero attached hydrogens (tertiary/aromatic N) is 1. The third-order valence-corrected chi connectivity index (χ3v) is 5.00. The fourth-order valence-corrected chi connectivity index (χ4v) is 3.58.